The minimum Gasteiger partial charge on any atom is -0.377 e. The first kappa shape index (κ1) is 22.0. The first-order valence-corrected chi connectivity index (χ1v) is 11.8. The Kier molecular flexibility index (Phi) is 6.83. The fourth-order valence-electron chi connectivity index (χ4n) is 2.45. The van der Waals surface area contributed by atoms with E-state index in [4.69, 9.17) is 15.8 Å². The first-order chi connectivity index (χ1) is 13.7. The van der Waals surface area contributed by atoms with Gasteiger partial charge in [-0.3, -0.25) is 4.99 Å². The molecule has 0 amide bonds. The van der Waals surface area contributed by atoms with Crippen LogP contribution in [-0.4, -0.2) is 14.6 Å². The maximum Gasteiger partial charge on any atom is 0.339 e. The van der Waals surface area contributed by atoms with Gasteiger partial charge in [0.15, 0.2) is 5.75 Å². The molecular formula is C21H16Br2ClNO3S. The Morgan fingerprint density at radius 3 is 2.14 bits per heavy atom. The molecule has 0 atom stereocenters. The maximum atomic E-state index is 12.5. The van der Waals surface area contributed by atoms with E-state index in [-0.39, 0.29) is 10.6 Å². The molecule has 0 aromatic heterocycles. The van der Waals surface area contributed by atoms with Gasteiger partial charge in [-0.15, -0.1) is 0 Å². The van der Waals surface area contributed by atoms with Gasteiger partial charge < -0.3 is 4.18 Å². The molecule has 3 rings (SSSR count). The van der Waals surface area contributed by atoms with Crippen LogP contribution >= 0.6 is 43.5 Å². The van der Waals surface area contributed by atoms with Gasteiger partial charge in [-0.25, -0.2) is 0 Å². The van der Waals surface area contributed by atoms with Crippen LogP contribution in [-0.2, 0) is 10.1 Å². The van der Waals surface area contributed by atoms with E-state index in [1.165, 1.54) is 29.8 Å². The molecule has 0 radical (unpaired) electrons. The van der Waals surface area contributed by atoms with Gasteiger partial charge in [0.05, 0.1) is 14.6 Å². The van der Waals surface area contributed by atoms with Crippen LogP contribution in [0.1, 0.15) is 16.7 Å². The van der Waals surface area contributed by atoms with E-state index in [2.05, 4.69) is 36.9 Å². The number of rotatable bonds is 5. The Hall–Kier alpha value is -1.67. The Morgan fingerprint density at radius 2 is 1.55 bits per heavy atom. The van der Waals surface area contributed by atoms with E-state index in [1.54, 1.807) is 18.3 Å². The molecule has 8 heteroatoms. The maximum absolute atomic E-state index is 12.5. The normalized spacial score (nSPS) is 11.8. The lowest BCUT2D eigenvalue weighted by Gasteiger charge is -2.11. The van der Waals surface area contributed by atoms with Gasteiger partial charge in [-0.05, 0) is 111 Å². The lowest BCUT2D eigenvalue weighted by Crippen LogP contribution is -2.10. The van der Waals surface area contributed by atoms with Gasteiger partial charge in [0.2, 0.25) is 0 Å². The highest BCUT2D eigenvalue weighted by Gasteiger charge is 2.20. The summed E-state index contributed by atoms with van der Waals surface area (Å²) < 4.78 is 31.4. The monoisotopic (exact) mass is 555 g/mol. The van der Waals surface area contributed by atoms with Crippen LogP contribution in [0.3, 0.4) is 0 Å². The fourth-order valence-corrected chi connectivity index (χ4v) is 5.14. The van der Waals surface area contributed by atoms with Crippen molar-refractivity contribution in [2.24, 2.45) is 4.99 Å². The van der Waals surface area contributed by atoms with Crippen molar-refractivity contribution in [2.75, 3.05) is 0 Å². The molecule has 3 aromatic rings. The number of nitrogens with zero attached hydrogens (tertiary/aromatic N) is 1. The van der Waals surface area contributed by atoms with E-state index in [9.17, 15) is 8.42 Å². The van der Waals surface area contributed by atoms with Crippen LogP contribution < -0.4 is 4.18 Å². The largest absolute Gasteiger partial charge is 0.377 e. The molecule has 0 saturated heterocycles. The minimum absolute atomic E-state index is 0.0149. The summed E-state index contributed by atoms with van der Waals surface area (Å²) >= 11 is 12.6. The Labute approximate surface area is 192 Å². The van der Waals surface area contributed by atoms with E-state index in [1.807, 2.05) is 32.0 Å². The highest BCUT2D eigenvalue weighted by Crippen LogP contribution is 2.36. The van der Waals surface area contributed by atoms with Crippen molar-refractivity contribution in [1.82, 2.24) is 0 Å². The summed E-state index contributed by atoms with van der Waals surface area (Å²) in [5.74, 6) is 0.156. The van der Waals surface area contributed by atoms with Crippen molar-refractivity contribution in [3.8, 4) is 5.75 Å². The number of aliphatic imine (C=N–C) groups is 1. The summed E-state index contributed by atoms with van der Waals surface area (Å²) in [7, 11) is -4.00. The average Bonchev–Trinajstić information content (AvgIpc) is 2.66. The van der Waals surface area contributed by atoms with Gasteiger partial charge in [-0.1, -0.05) is 17.7 Å². The zero-order valence-electron chi connectivity index (χ0n) is 15.5. The molecule has 4 nitrogen and oxygen atoms in total. The van der Waals surface area contributed by atoms with Gasteiger partial charge in [0.1, 0.15) is 4.90 Å². The van der Waals surface area contributed by atoms with Crippen LogP contribution in [0.5, 0.6) is 5.75 Å². The van der Waals surface area contributed by atoms with Gasteiger partial charge in [-0.2, -0.15) is 8.42 Å². The molecule has 29 heavy (non-hydrogen) atoms. The Morgan fingerprint density at radius 1 is 0.931 bits per heavy atom. The molecule has 0 bridgehead atoms. The van der Waals surface area contributed by atoms with Crippen molar-refractivity contribution >= 4 is 65.5 Å². The van der Waals surface area contributed by atoms with Gasteiger partial charge in [0.25, 0.3) is 0 Å². The first-order valence-electron chi connectivity index (χ1n) is 8.46. The second-order valence-electron chi connectivity index (χ2n) is 6.33. The van der Waals surface area contributed by atoms with Gasteiger partial charge in [0, 0.05) is 11.2 Å². The molecule has 0 unspecified atom stereocenters. The van der Waals surface area contributed by atoms with Crippen LogP contribution in [0, 0.1) is 13.8 Å². The predicted octanol–water partition coefficient (Wildman–Crippen LogP) is 7.00. The smallest absolute Gasteiger partial charge is 0.339 e. The third-order valence-corrected chi connectivity index (χ3v) is 6.83. The molecular weight excluding hydrogens is 542 g/mol. The molecule has 0 N–H and O–H groups in total. The lowest BCUT2D eigenvalue weighted by molar-refractivity contribution is 0.483. The summed E-state index contributed by atoms with van der Waals surface area (Å²) in [5, 5.41) is 0.443. The van der Waals surface area contributed by atoms with E-state index < -0.39 is 10.1 Å². The summed E-state index contributed by atoms with van der Waals surface area (Å²) in [6.07, 6.45) is 1.71. The van der Waals surface area contributed by atoms with E-state index >= 15 is 0 Å². The number of hydrogen-bond acceptors (Lipinski definition) is 4. The molecule has 0 fully saturated rings. The number of benzene rings is 3. The van der Waals surface area contributed by atoms with Crippen LogP contribution in [0.4, 0.5) is 5.69 Å². The van der Waals surface area contributed by atoms with Crippen molar-refractivity contribution in [3.05, 3.63) is 85.3 Å². The molecule has 3 aromatic carbocycles. The second-order valence-corrected chi connectivity index (χ2v) is 10.0. The average molecular weight is 558 g/mol. The minimum atomic E-state index is -4.00. The number of halogens is 3. The Bertz CT molecular complexity index is 1170. The molecule has 0 aliphatic carbocycles. The van der Waals surface area contributed by atoms with Crippen LogP contribution in [0.2, 0.25) is 5.02 Å². The highest BCUT2D eigenvalue weighted by molar-refractivity contribution is 9.11. The molecule has 0 aliphatic rings. The van der Waals surface area contributed by atoms with Crippen molar-refractivity contribution in [2.45, 2.75) is 18.7 Å². The fraction of sp³-hybridized carbons (Fsp3) is 0.0952. The summed E-state index contributed by atoms with van der Waals surface area (Å²) in [4.78, 5) is 4.50. The summed E-state index contributed by atoms with van der Waals surface area (Å²) in [5.41, 5.74) is 3.99. The van der Waals surface area contributed by atoms with Crippen molar-refractivity contribution < 1.29 is 12.6 Å². The zero-order chi connectivity index (χ0) is 21.2. The zero-order valence-corrected chi connectivity index (χ0v) is 20.2. The SMILES string of the molecule is Cc1ccc(N=Cc2cc(Br)c(OS(=O)(=O)c3ccc(Cl)cc3)c(Br)c2)cc1C. The molecule has 0 saturated carbocycles. The molecule has 0 heterocycles. The van der Waals surface area contributed by atoms with E-state index in [0.29, 0.717) is 14.0 Å². The predicted molar refractivity (Wildman–Crippen MR) is 124 cm³/mol. The third-order valence-electron chi connectivity index (χ3n) is 4.17. The standard InChI is InChI=1S/C21H16Br2ClNO3S/c1-13-3-6-17(9-14(13)2)25-12-15-10-19(22)21(20(23)11-15)28-29(26,27)18-7-4-16(24)5-8-18/h3-12H,1-2H3. The van der Waals surface area contributed by atoms with Crippen molar-refractivity contribution in [3.63, 3.8) is 0 Å². The van der Waals surface area contributed by atoms with E-state index in [0.717, 1.165) is 16.8 Å². The topological polar surface area (TPSA) is 55.7 Å². The highest BCUT2D eigenvalue weighted by atomic mass is 79.9. The van der Waals surface area contributed by atoms with Gasteiger partial charge >= 0.3 is 10.1 Å². The summed E-state index contributed by atoms with van der Waals surface area (Å²) in [6.45, 7) is 4.09. The lowest BCUT2D eigenvalue weighted by atomic mass is 10.1. The van der Waals surface area contributed by atoms with Crippen LogP contribution in [0.15, 0.2) is 73.4 Å². The quantitative estimate of drug-likeness (QED) is 0.251. The molecule has 0 spiro atoms. The van der Waals surface area contributed by atoms with Crippen LogP contribution in [0.25, 0.3) is 0 Å². The third kappa shape index (κ3) is 5.48. The molecule has 150 valence electrons. The Balaban J connectivity index is 1.86. The summed E-state index contributed by atoms with van der Waals surface area (Å²) in [6, 6.07) is 15.2. The molecule has 0 aliphatic heterocycles. The van der Waals surface area contributed by atoms with Crippen molar-refractivity contribution in [1.29, 1.82) is 0 Å². The number of hydrogen-bond donors (Lipinski definition) is 0. The number of aryl methyl sites for hydroxylation is 2. The second kappa shape index (κ2) is 9.00.